The second-order valence-corrected chi connectivity index (χ2v) is 21.4. The number of benzene rings is 2. The summed E-state index contributed by atoms with van der Waals surface area (Å²) in [6.45, 7) is 12.3. The molecule has 16 nitrogen and oxygen atoms in total. The molecule has 2 aliphatic heterocycles. The molecule has 2 aromatic carbocycles. The van der Waals surface area contributed by atoms with Gasteiger partial charge in [0.1, 0.15) is 24.4 Å². The highest BCUT2D eigenvalue weighted by atomic mass is 32.1. The van der Waals surface area contributed by atoms with Crippen molar-refractivity contribution in [3.63, 3.8) is 0 Å². The van der Waals surface area contributed by atoms with E-state index in [1.165, 1.54) is 16.2 Å². The van der Waals surface area contributed by atoms with Crippen LogP contribution in [-0.4, -0.2) is 98.7 Å². The van der Waals surface area contributed by atoms with E-state index < -0.39 is 29.7 Å². The number of pyridine rings is 1. The Bertz CT molecular complexity index is 2630. The van der Waals surface area contributed by atoms with Gasteiger partial charge in [-0.25, -0.2) is 19.7 Å². The normalized spacial score (nSPS) is 16.2. The van der Waals surface area contributed by atoms with Crippen LogP contribution in [0.2, 0.25) is 0 Å². The van der Waals surface area contributed by atoms with Gasteiger partial charge < -0.3 is 35.4 Å². The Balaban J connectivity index is 0.775. The van der Waals surface area contributed by atoms with E-state index in [1.807, 2.05) is 95.6 Å². The Morgan fingerprint density at radius 2 is 1.57 bits per heavy atom. The summed E-state index contributed by atoms with van der Waals surface area (Å²) < 4.78 is 12.0. The van der Waals surface area contributed by atoms with Crippen LogP contribution in [0.15, 0.2) is 60.2 Å². The van der Waals surface area contributed by atoms with Crippen LogP contribution in [-0.2, 0) is 30.5 Å². The molecular formula is C52H66N8O8S2. The lowest BCUT2D eigenvalue weighted by Crippen LogP contribution is -2.57. The third-order valence-corrected chi connectivity index (χ3v) is 14.4. The van der Waals surface area contributed by atoms with Crippen molar-refractivity contribution in [2.24, 2.45) is 5.41 Å². The fourth-order valence-corrected chi connectivity index (χ4v) is 10.4. The lowest BCUT2D eigenvalue weighted by molar-refractivity contribution is -0.144. The molecule has 18 heteroatoms. The van der Waals surface area contributed by atoms with E-state index in [1.54, 1.807) is 22.4 Å². The summed E-state index contributed by atoms with van der Waals surface area (Å²) in [5, 5.41) is 20.0. The second-order valence-electron chi connectivity index (χ2n) is 19.5. The van der Waals surface area contributed by atoms with Crippen molar-refractivity contribution in [3.8, 4) is 27.4 Å². The van der Waals surface area contributed by atoms with Gasteiger partial charge in [-0.05, 0) is 73.9 Å². The van der Waals surface area contributed by atoms with Gasteiger partial charge in [-0.15, -0.1) is 11.3 Å². The van der Waals surface area contributed by atoms with Gasteiger partial charge in [-0.3, -0.25) is 24.1 Å². The maximum atomic E-state index is 14.0. The average Bonchev–Trinajstić information content (AvgIpc) is 4.06. The Labute approximate surface area is 418 Å². The highest BCUT2D eigenvalue weighted by Gasteiger charge is 2.44. The Morgan fingerprint density at radius 1 is 0.886 bits per heavy atom. The van der Waals surface area contributed by atoms with E-state index in [2.05, 4.69) is 30.9 Å². The summed E-state index contributed by atoms with van der Waals surface area (Å²) in [5.74, 6) is -0.605. The number of ether oxygens (including phenoxy) is 2. The van der Waals surface area contributed by atoms with Crippen molar-refractivity contribution in [2.75, 3.05) is 29.9 Å². The molecule has 1 fully saturated rings. The summed E-state index contributed by atoms with van der Waals surface area (Å²) in [6.07, 6.45) is 8.36. The number of aromatic nitrogens is 3. The number of hydrogen-bond acceptors (Lipinski definition) is 13. The first-order valence-electron chi connectivity index (χ1n) is 24.4. The highest BCUT2D eigenvalue weighted by Crippen LogP contribution is 2.37. The van der Waals surface area contributed by atoms with Crippen molar-refractivity contribution in [1.29, 1.82) is 0 Å². The molecule has 0 radical (unpaired) electrons. The average molecular weight is 995 g/mol. The summed E-state index contributed by atoms with van der Waals surface area (Å²) in [6, 6.07) is 13.9. The molecule has 0 bridgehead atoms. The standard InChI is InChI=1S/C52H66N8O8S2/c1-32(2)68-51(66)59-23-24-67-48-41(59)25-37(29-54-48)36-21-22-39-42(26-36)70-50(56-39)58-44(63)16-14-12-10-8-7-9-11-13-15-43(62)57-46(52(4,5)6)49(65)60-30-38(61)27-40(60)47(64)53-28-34-17-19-35(20-18-34)45-33(3)55-31-69-45/h17-22,25-26,29,31-32,38,40,46,61H,7-16,23-24,27-28,30H2,1-6H3,(H,53,64)(H,57,62)(H,56,58,63)/t38-,40+,46-/m1/s1. The predicted octanol–water partition coefficient (Wildman–Crippen LogP) is 9.18. The first-order chi connectivity index (χ1) is 33.5. The minimum atomic E-state index is -0.862. The molecule has 3 atom stereocenters. The molecule has 0 spiro atoms. The molecule has 5 heterocycles. The minimum Gasteiger partial charge on any atom is -0.474 e. The number of aliphatic hydroxyl groups is 1. The maximum Gasteiger partial charge on any atom is 0.414 e. The van der Waals surface area contributed by atoms with Crippen LogP contribution in [0, 0.1) is 12.3 Å². The van der Waals surface area contributed by atoms with E-state index >= 15 is 0 Å². The molecule has 70 heavy (non-hydrogen) atoms. The van der Waals surface area contributed by atoms with E-state index in [0.717, 1.165) is 88.0 Å². The molecule has 0 aliphatic carbocycles. The van der Waals surface area contributed by atoms with Crippen molar-refractivity contribution >= 4 is 73.4 Å². The van der Waals surface area contributed by atoms with Gasteiger partial charge >= 0.3 is 6.09 Å². The largest absolute Gasteiger partial charge is 0.474 e. The number of hydrogen-bond donors (Lipinski definition) is 4. The Morgan fingerprint density at radius 3 is 2.24 bits per heavy atom. The molecular weight excluding hydrogens is 929 g/mol. The molecule has 7 rings (SSSR count). The molecule has 4 N–H and O–H groups in total. The van der Waals surface area contributed by atoms with Crippen molar-refractivity contribution in [3.05, 3.63) is 71.5 Å². The fraction of sp³-hybridized carbons (Fsp3) is 0.500. The fourth-order valence-electron chi connectivity index (χ4n) is 8.70. The zero-order valence-electron chi connectivity index (χ0n) is 41.0. The van der Waals surface area contributed by atoms with Gasteiger partial charge in [0.05, 0.1) is 45.1 Å². The summed E-state index contributed by atoms with van der Waals surface area (Å²) in [5.41, 5.74) is 7.18. The second kappa shape index (κ2) is 23.8. The lowest BCUT2D eigenvalue weighted by Gasteiger charge is -2.35. The van der Waals surface area contributed by atoms with Crippen LogP contribution in [0.3, 0.4) is 0 Å². The lowest BCUT2D eigenvalue weighted by atomic mass is 9.85. The number of nitrogens with one attached hydrogen (secondary N) is 3. The Kier molecular flexibility index (Phi) is 17.6. The van der Waals surface area contributed by atoms with Crippen LogP contribution in [0.4, 0.5) is 15.6 Å². The van der Waals surface area contributed by atoms with Crippen LogP contribution >= 0.6 is 22.7 Å². The number of aryl methyl sites for hydroxylation is 1. The Hall–Kier alpha value is -5.98. The third kappa shape index (κ3) is 13.7. The van der Waals surface area contributed by atoms with Gasteiger partial charge in [0.15, 0.2) is 5.13 Å². The van der Waals surface area contributed by atoms with Crippen LogP contribution < -0.4 is 25.6 Å². The number of rotatable bonds is 20. The van der Waals surface area contributed by atoms with Crippen LogP contribution in [0.1, 0.15) is 117 Å². The highest BCUT2D eigenvalue weighted by molar-refractivity contribution is 7.22. The molecule has 3 aromatic heterocycles. The minimum absolute atomic E-state index is 0.0241. The summed E-state index contributed by atoms with van der Waals surface area (Å²) >= 11 is 2.99. The summed E-state index contributed by atoms with van der Waals surface area (Å²) in [7, 11) is 0. The van der Waals surface area contributed by atoms with E-state index in [-0.39, 0.29) is 55.7 Å². The predicted molar refractivity (Wildman–Crippen MR) is 274 cm³/mol. The number of carbonyl (C=O) groups excluding carboxylic acids is 5. The molecule has 5 aromatic rings. The van der Waals surface area contributed by atoms with Gasteiger partial charge in [-0.1, -0.05) is 101 Å². The van der Waals surface area contributed by atoms with Gasteiger partial charge in [-0.2, -0.15) is 0 Å². The summed E-state index contributed by atoms with van der Waals surface area (Å²) in [4.78, 5) is 83.7. The van der Waals surface area contributed by atoms with Crippen LogP contribution in [0.25, 0.3) is 31.8 Å². The SMILES string of the molecule is Cc1ncsc1-c1ccc(CNC(=O)[C@@H]2C[C@@H](O)CN2C(=O)[C@@H](NC(=O)CCCCCCCCCCC(=O)Nc2nc3ccc(-c4cnc5c(c4)N(C(=O)OC(C)C)CCO5)cc3s2)C(C)(C)C)cc1. The van der Waals surface area contributed by atoms with Gasteiger partial charge in [0, 0.05) is 44.1 Å². The molecule has 2 aliphatic rings. The number of thiazole rings is 2. The molecule has 374 valence electrons. The van der Waals surface area contributed by atoms with Crippen molar-refractivity contribution in [1.82, 2.24) is 30.5 Å². The van der Waals surface area contributed by atoms with E-state index in [9.17, 15) is 29.1 Å². The number of β-amino-alcohol motifs (C(OH)–C–C–N with tert-alkyl or cyclic N) is 1. The first-order valence-corrected chi connectivity index (χ1v) is 26.1. The number of carbonyl (C=O) groups is 5. The third-order valence-electron chi connectivity index (χ3n) is 12.5. The van der Waals surface area contributed by atoms with E-state index in [0.29, 0.717) is 42.7 Å². The quantitative estimate of drug-likeness (QED) is 0.0541. The van der Waals surface area contributed by atoms with Gasteiger partial charge in [0.2, 0.25) is 29.5 Å². The first kappa shape index (κ1) is 51.9. The molecule has 0 saturated carbocycles. The molecule has 5 amide bonds. The maximum absolute atomic E-state index is 14.0. The number of fused-ring (bicyclic) bond motifs is 2. The van der Waals surface area contributed by atoms with Gasteiger partial charge in [0.25, 0.3) is 0 Å². The zero-order valence-corrected chi connectivity index (χ0v) is 42.7. The van der Waals surface area contributed by atoms with Crippen molar-refractivity contribution < 1.29 is 38.6 Å². The number of nitrogens with zero attached hydrogens (tertiary/aromatic N) is 5. The number of anilines is 2. The smallest absolute Gasteiger partial charge is 0.414 e. The molecule has 1 saturated heterocycles. The number of likely N-dealkylation sites (tertiary alicyclic amines) is 1. The number of aliphatic hydroxyl groups excluding tert-OH is 1. The number of unbranched alkanes of at least 4 members (excludes halogenated alkanes) is 7. The van der Waals surface area contributed by atoms with Crippen LogP contribution in [0.5, 0.6) is 5.88 Å². The monoisotopic (exact) mass is 994 g/mol. The zero-order chi connectivity index (χ0) is 50.0. The molecule has 0 unspecified atom stereocenters. The topological polar surface area (TPSA) is 205 Å². The van der Waals surface area contributed by atoms with E-state index in [4.69, 9.17) is 9.47 Å². The van der Waals surface area contributed by atoms with Crippen molar-refractivity contribution in [2.45, 2.75) is 143 Å². The number of amides is 5.